The standard InChI is InChI=1S/C7H8BrN3/c8-5-3-6(9)7-10-1-2-11(7)4-5/h3-4H,1-2,9H2. The highest BCUT2D eigenvalue weighted by Crippen LogP contribution is 2.19. The quantitative estimate of drug-likeness (QED) is 0.647. The van der Waals surface area contributed by atoms with Crippen molar-refractivity contribution >= 4 is 21.8 Å². The second-order valence-electron chi connectivity index (χ2n) is 2.51. The third-order valence-electron chi connectivity index (χ3n) is 1.71. The summed E-state index contributed by atoms with van der Waals surface area (Å²) < 4.78 is 1.01. The number of hydrogen-bond donors (Lipinski definition) is 1. The number of halogens is 1. The molecule has 0 saturated heterocycles. The zero-order valence-electron chi connectivity index (χ0n) is 5.92. The first-order chi connectivity index (χ1) is 5.27. The number of rotatable bonds is 0. The third-order valence-corrected chi connectivity index (χ3v) is 2.14. The van der Waals surface area contributed by atoms with Crippen LogP contribution in [0.1, 0.15) is 0 Å². The maximum atomic E-state index is 5.73. The van der Waals surface area contributed by atoms with E-state index in [1.54, 1.807) is 0 Å². The molecular formula is C7H8BrN3. The van der Waals surface area contributed by atoms with Crippen LogP contribution in [0.4, 0.5) is 0 Å². The summed E-state index contributed by atoms with van der Waals surface area (Å²) in [5.41, 5.74) is 6.48. The SMILES string of the molecule is NC1=CC(Br)=CN2CCN=C12. The van der Waals surface area contributed by atoms with Gasteiger partial charge in [0, 0.05) is 17.2 Å². The molecule has 0 radical (unpaired) electrons. The van der Waals surface area contributed by atoms with Gasteiger partial charge in [-0.3, -0.25) is 4.99 Å². The van der Waals surface area contributed by atoms with Gasteiger partial charge in [0.05, 0.1) is 12.2 Å². The van der Waals surface area contributed by atoms with Gasteiger partial charge in [-0.1, -0.05) is 0 Å². The fourth-order valence-corrected chi connectivity index (χ4v) is 1.74. The van der Waals surface area contributed by atoms with Crippen molar-refractivity contribution in [1.82, 2.24) is 4.90 Å². The predicted octanol–water partition coefficient (Wildman–Crippen LogP) is 0.793. The molecule has 0 aliphatic carbocycles. The Morgan fingerprint density at radius 2 is 2.45 bits per heavy atom. The van der Waals surface area contributed by atoms with Crippen LogP contribution in [0.2, 0.25) is 0 Å². The van der Waals surface area contributed by atoms with Crippen LogP contribution in [-0.4, -0.2) is 23.8 Å². The molecule has 0 unspecified atom stereocenters. The lowest BCUT2D eigenvalue weighted by molar-refractivity contribution is 0.606. The van der Waals surface area contributed by atoms with E-state index >= 15 is 0 Å². The van der Waals surface area contributed by atoms with E-state index in [2.05, 4.69) is 25.8 Å². The van der Waals surface area contributed by atoms with E-state index in [0.717, 1.165) is 29.1 Å². The Kier molecular flexibility index (Phi) is 1.49. The highest BCUT2D eigenvalue weighted by atomic mass is 79.9. The van der Waals surface area contributed by atoms with Gasteiger partial charge in [-0.25, -0.2) is 0 Å². The Labute approximate surface area is 73.4 Å². The lowest BCUT2D eigenvalue weighted by atomic mass is 10.3. The molecule has 0 amide bonds. The largest absolute Gasteiger partial charge is 0.396 e. The second-order valence-corrected chi connectivity index (χ2v) is 3.43. The van der Waals surface area contributed by atoms with Gasteiger partial charge >= 0.3 is 0 Å². The van der Waals surface area contributed by atoms with Crippen molar-refractivity contribution in [2.24, 2.45) is 10.7 Å². The first-order valence-corrected chi connectivity index (χ1v) is 4.22. The molecular weight excluding hydrogens is 206 g/mol. The van der Waals surface area contributed by atoms with Gasteiger partial charge in [-0.05, 0) is 22.0 Å². The van der Waals surface area contributed by atoms with E-state index in [1.807, 2.05) is 12.3 Å². The average Bonchev–Trinajstić information content (AvgIpc) is 2.34. The fourth-order valence-electron chi connectivity index (χ4n) is 1.24. The molecule has 2 aliphatic heterocycles. The molecule has 2 N–H and O–H groups in total. The Hall–Kier alpha value is -0.770. The second kappa shape index (κ2) is 2.37. The van der Waals surface area contributed by atoms with E-state index in [1.165, 1.54) is 0 Å². The van der Waals surface area contributed by atoms with Gasteiger partial charge in [-0.15, -0.1) is 0 Å². The van der Waals surface area contributed by atoms with Crippen LogP contribution in [0, 0.1) is 0 Å². The number of fused-ring (bicyclic) bond motifs is 1. The summed E-state index contributed by atoms with van der Waals surface area (Å²) in [6.45, 7) is 1.79. The van der Waals surface area contributed by atoms with Gasteiger partial charge in [0.15, 0.2) is 5.84 Å². The molecule has 4 heteroatoms. The third kappa shape index (κ3) is 1.07. The molecule has 0 aromatic rings. The number of amidine groups is 1. The normalized spacial score (nSPS) is 22.3. The summed E-state index contributed by atoms with van der Waals surface area (Å²) in [4.78, 5) is 6.31. The minimum Gasteiger partial charge on any atom is -0.396 e. The van der Waals surface area contributed by atoms with Crippen molar-refractivity contribution in [3.63, 3.8) is 0 Å². The van der Waals surface area contributed by atoms with E-state index in [4.69, 9.17) is 5.73 Å². The zero-order valence-corrected chi connectivity index (χ0v) is 7.50. The summed E-state index contributed by atoms with van der Waals surface area (Å²) in [6.07, 6.45) is 3.88. The van der Waals surface area contributed by atoms with Gasteiger partial charge in [-0.2, -0.15) is 0 Å². The van der Waals surface area contributed by atoms with Gasteiger partial charge < -0.3 is 10.6 Å². The van der Waals surface area contributed by atoms with Crippen molar-refractivity contribution in [3.05, 3.63) is 22.5 Å². The first-order valence-electron chi connectivity index (χ1n) is 3.43. The lowest BCUT2D eigenvalue weighted by Crippen LogP contribution is -2.29. The van der Waals surface area contributed by atoms with Crippen LogP contribution < -0.4 is 5.73 Å². The van der Waals surface area contributed by atoms with Gasteiger partial charge in [0.2, 0.25) is 0 Å². The smallest absolute Gasteiger partial charge is 0.151 e. The summed E-state index contributed by atoms with van der Waals surface area (Å²) in [5, 5.41) is 0. The van der Waals surface area contributed by atoms with Crippen LogP contribution >= 0.6 is 15.9 Å². The van der Waals surface area contributed by atoms with Gasteiger partial charge in [0.25, 0.3) is 0 Å². The van der Waals surface area contributed by atoms with E-state index < -0.39 is 0 Å². The van der Waals surface area contributed by atoms with Crippen molar-refractivity contribution in [1.29, 1.82) is 0 Å². The molecule has 2 aliphatic rings. The van der Waals surface area contributed by atoms with Crippen molar-refractivity contribution in [3.8, 4) is 0 Å². The minimum absolute atomic E-state index is 0.747. The maximum absolute atomic E-state index is 5.73. The Morgan fingerprint density at radius 3 is 3.27 bits per heavy atom. The van der Waals surface area contributed by atoms with E-state index in [9.17, 15) is 0 Å². The molecule has 0 atom stereocenters. The van der Waals surface area contributed by atoms with Crippen molar-refractivity contribution < 1.29 is 0 Å². The number of aliphatic imine (C=N–C) groups is 1. The molecule has 11 heavy (non-hydrogen) atoms. The first kappa shape index (κ1) is 6.91. The molecule has 0 bridgehead atoms. The van der Waals surface area contributed by atoms with E-state index in [-0.39, 0.29) is 0 Å². The summed E-state index contributed by atoms with van der Waals surface area (Å²) in [5.74, 6) is 0.910. The predicted molar refractivity (Wildman–Crippen MR) is 48.3 cm³/mol. The van der Waals surface area contributed by atoms with Crippen LogP contribution in [-0.2, 0) is 0 Å². The highest BCUT2D eigenvalue weighted by molar-refractivity contribution is 9.11. The van der Waals surface area contributed by atoms with Gasteiger partial charge in [0.1, 0.15) is 0 Å². The van der Waals surface area contributed by atoms with Crippen LogP contribution in [0.25, 0.3) is 0 Å². The number of nitrogens with zero attached hydrogens (tertiary/aromatic N) is 2. The van der Waals surface area contributed by atoms with Crippen LogP contribution in [0.5, 0.6) is 0 Å². The van der Waals surface area contributed by atoms with Crippen molar-refractivity contribution in [2.75, 3.05) is 13.1 Å². The fraction of sp³-hybridized carbons (Fsp3) is 0.286. The Bertz CT molecular complexity index is 277. The molecule has 0 aromatic carbocycles. The molecule has 58 valence electrons. The number of nitrogens with two attached hydrogens (primary N) is 1. The maximum Gasteiger partial charge on any atom is 0.151 e. The molecule has 0 fully saturated rings. The van der Waals surface area contributed by atoms with Crippen LogP contribution in [0.15, 0.2) is 27.4 Å². The Balaban J connectivity index is 2.40. The molecule has 0 saturated carbocycles. The highest BCUT2D eigenvalue weighted by Gasteiger charge is 2.20. The zero-order chi connectivity index (χ0) is 7.84. The molecule has 2 heterocycles. The summed E-state index contributed by atoms with van der Waals surface area (Å²) in [7, 11) is 0. The number of hydrogen-bond acceptors (Lipinski definition) is 3. The number of allylic oxidation sites excluding steroid dienone is 2. The molecule has 0 aromatic heterocycles. The molecule has 3 nitrogen and oxygen atoms in total. The lowest BCUT2D eigenvalue weighted by Gasteiger charge is -2.19. The summed E-state index contributed by atoms with van der Waals surface area (Å²) >= 11 is 3.37. The molecule has 0 spiro atoms. The van der Waals surface area contributed by atoms with Crippen LogP contribution in [0.3, 0.4) is 0 Å². The monoisotopic (exact) mass is 213 g/mol. The average molecular weight is 214 g/mol. The van der Waals surface area contributed by atoms with Crippen molar-refractivity contribution in [2.45, 2.75) is 0 Å². The van der Waals surface area contributed by atoms with E-state index in [0.29, 0.717) is 0 Å². The topological polar surface area (TPSA) is 41.6 Å². The summed E-state index contributed by atoms with van der Waals surface area (Å²) in [6, 6.07) is 0. The minimum atomic E-state index is 0.747. The molecule has 2 rings (SSSR count). The Morgan fingerprint density at radius 1 is 1.64 bits per heavy atom.